The van der Waals surface area contributed by atoms with Gasteiger partial charge >= 0.3 is 0 Å². The van der Waals surface area contributed by atoms with E-state index in [2.05, 4.69) is 10.1 Å². The fourth-order valence-electron chi connectivity index (χ4n) is 3.21. The quantitative estimate of drug-likeness (QED) is 0.357. The smallest absolute Gasteiger partial charge is 0.226 e. The van der Waals surface area contributed by atoms with Crippen LogP contribution in [0.4, 0.5) is 0 Å². The summed E-state index contributed by atoms with van der Waals surface area (Å²) in [5.74, 6) is 2.26. The third-order valence-electron chi connectivity index (χ3n) is 5.16. The summed E-state index contributed by atoms with van der Waals surface area (Å²) in [7, 11) is 0.0811. The van der Waals surface area contributed by atoms with Crippen molar-refractivity contribution in [3.05, 3.63) is 54.4 Å². The molecule has 0 aliphatic heterocycles. The number of carbonyl (C=O) groups is 1. The number of ether oxygens (including phenoxy) is 2. The van der Waals surface area contributed by atoms with Crippen LogP contribution in [0.3, 0.4) is 0 Å². The highest BCUT2D eigenvalue weighted by Gasteiger charge is 2.12. The number of hydrogen-bond acceptors (Lipinski definition) is 8. The van der Waals surface area contributed by atoms with Crippen molar-refractivity contribution in [2.24, 2.45) is 0 Å². The maximum absolute atomic E-state index is 12.4. The molecule has 0 fully saturated rings. The fourth-order valence-corrected chi connectivity index (χ4v) is 3.86. The van der Waals surface area contributed by atoms with Gasteiger partial charge in [-0.05, 0) is 55.3 Å². The second-order valence-corrected chi connectivity index (χ2v) is 9.87. The Bertz CT molecular complexity index is 1190. The first-order chi connectivity index (χ1) is 16.3. The summed E-state index contributed by atoms with van der Waals surface area (Å²) >= 11 is 0. The highest BCUT2D eigenvalue weighted by atomic mass is 32.2. The number of aromatic nitrogens is 2. The third kappa shape index (κ3) is 7.31. The molecule has 1 heterocycles. The lowest BCUT2D eigenvalue weighted by Gasteiger charge is -2.17. The summed E-state index contributed by atoms with van der Waals surface area (Å²) in [5.41, 5.74) is 0.830. The van der Waals surface area contributed by atoms with Crippen LogP contribution in [0.2, 0.25) is 0 Å². The Morgan fingerprint density at radius 1 is 1.09 bits per heavy atom. The zero-order valence-corrected chi connectivity index (χ0v) is 20.4. The van der Waals surface area contributed by atoms with E-state index < -0.39 is 9.84 Å². The van der Waals surface area contributed by atoms with E-state index in [1.807, 2.05) is 24.3 Å². The first-order valence-electron chi connectivity index (χ1n) is 10.9. The van der Waals surface area contributed by atoms with Crippen molar-refractivity contribution in [1.82, 2.24) is 15.0 Å². The summed E-state index contributed by atoms with van der Waals surface area (Å²) in [6, 6.07) is 13.8. The van der Waals surface area contributed by atoms with Gasteiger partial charge in [-0.15, -0.1) is 0 Å². The van der Waals surface area contributed by atoms with Crippen LogP contribution in [0.1, 0.15) is 25.2 Å². The first-order valence-corrected chi connectivity index (χ1v) is 12.8. The van der Waals surface area contributed by atoms with Gasteiger partial charge in [0.2, 0.25) is 17.6 Å². The Balaban J connectivity index is 1.36. The zero-order chi connectivity index (χ0) is 24.6. The molecule has 0 aliphatic carbocycles. The van der Waals surface area contributed by atoms with Crippen molar-refractivity contribution in [2.75, 3.05) is 33.6 Å². The van der Waals surface area contributed by atoms with Gasteiger partial charge in [-0.3, -0.25) is 4.79 Å². The SMILES string of the molecule is COc1ccc(-c2noc(CCCC(=O)N(C)CCCOc3cccc(S(C)(=O)=O)c3)n2)cc1. The van der Waals surface area contributed by atoms with E-state index in [1.165, 1.54) is 12.1 Å². The lowest BCUT2D eigenvalue weighted by atomic mass is 10.2. The van der Waals surface area contributed by atoms with Crippen molar-refractivity contribution in [3.8, 4) is 22.9 Å². The third-order valence-corrected chi connectivity index (χ3v) is 6.27. The number of rotatable bonds is 12. The van der Waals surface area contributed by atoms with E-state index in [9.17, 15) is 13.2 Å². The van der Waals surface area contributed by atoms with E-state index >= 15 is 0 Å². The average Bonchev–Trinajstić information content (AvgIpc) is 3.30. The molecule has 0 bridgehead atoms. The molecule has 1 aromatic heterocycles. The molecule has 0 spiro atoms. The van der Waals surface area contributed by atoms with Crippen molar-refractivity contribution in [3.63, 3.8) is 0 Å². The minimum atomic E-state index is -3.28. The summed E-state index contributed by atoms with van der Waals surface area (Å²) in [6.45, 7) is 0.910. The standard InChI is InChI=1S/C24H29N3O6S/c1-27(15-6-16-32-20-7-4-8-21(17-20)34(3,29)30)23(28)10-5-9-22-25-24(26-33-22)18-11-13-19(31-2)14-12-18/h4,7-8,11-14,17H,5-6,9-10,15-16H2,1-3H3. The lowest BCUT2D eigenvalue weighted by Crippen LogP contribution is -2.28. The van der Waals surface area contributed by atoms with Gasteiger partial charge in [0.05, 0.1) is 18.6 Å². The van der Waals surface area contributed by atoms with Crippen LogP contribution in [0.15, 0.2) is 57.9 Å². The van der Waals surface area contributed by atoms with Gasteiger partial charge in [0.1, 0.15) is 11.5 Å². The van der Waals surface area contributed by atoms with Gasteiger partial charge in [0.25, 0.3) is 0 Å². The van der Waals surface area contributed by atoms with E-state index in [0.29, 0.717) is 56.3 Å². The Morgan fingerprint density at radius 3 is 2.56 bits per heavy atom. The maximum Gasteiger partial charge on any atom is 0.226 e. The number of amides is 1. The van der Waals surface area contributed by atoms with Crippen molar-refractivity contribution in [1.29, 1.82) is 0 Å². The molecule has 0 atom stereocenters. The summed E-state index contributed by atoms with van der Waals surface area (Å²) in [4.78, 5) is 18.6. The van der Waals surface area contributed by atoms with Crippen molar-refractivity contribution >= 4 is 15.7 Å². The van der Waals surface area contributed by atoms with Crippen LogP contribution < -0.4 is 9.47 Å². The second kappa shape index (κ2) is 11.6. The predicted octanol–water partition coefficient (Wildman–Crippen LogP) is 3.40. The van der Waals surface area contributed by atoms with Gasteiger partial charge in [0.15, 0.2) is 9.84 Å². The van der Waals surface area contributed by atoms with Gasteiger partial charge < -0.3 is 18.9 Å². The molecule has 10 heteroatoms. The molecule has 9 nitrogen and oxygen atoms in total. The topological polar surface area (TPSA) is 112 Å². The summed E-state index contributed by atoms with van der Waals surface area (Å²) in [6.07, 6.45) is 3.27. The molecular formula is C24H29N3O6S. The number of nitrogens with zero attached hydrogens (tertiary/aromatic N) is 3. The molecule has 0 N–H and O–H groups in total. The van der Waals surface area contributed by atoms with Crippen molar-refractivity contribution in [2.45, 2.75) is 30.6 Å². The van der Waals surface area contributed by atoms with Crippen LogP contribution in [0, 0.1) is 0 Å². The van der Waals surface area contributed by atoms with E-state index in [0.717, 1.165) is 17.6 Å². The number of benzene rings is 2. The van der Waals surface area contributed by atoms with Crippen LogP contribution in [-0.4, -0.2) is 62.9 Å². The minimum Gasteiger partial charge on any atom is -0.497 e. The Kier molecular flexibility index (Phi) is 8.64. The molecule has 3 aromatic rings. The molecule has 0 unspecified atom stereocenters. The molecule has 0 saturated carbocycles. The van der Waals surface area contributed by atoms with Crippen LogP contribution >= 0.6 is 0 Å². The second-order valence-electron chi connectivity index (χ2n) is 7.86. The maximum atomic E-state index is 12.4. The zero-order valence-electron chi connectivity index (χ0n) is 19.6. The van der Waals surface area contributed by atoms with Gasteiger partial charge in [0, 0.05) is 38.3 Å². The van der Waals surface area contributed by atoms with E-state index in [-0.39, 0.29) is 10.8 Å². The Hall–Kier alpha value is -3.40. The van der Waals surface area contributed by atoms with Crippen LogP contribution in [-0.2, 0) is 21.1 Å². The van der Waals surface area contributed by atoms with E-state index in [1.54, 1.807) is 31.2 Å². The molecule has 0 aliphatic rings. The fraction of sp³-hybridized carbons (Fsp3) is 0.375. The molecule has 2 aromatic carbocycles. The molecule has 3 rings (SSSR count). The van der Waals surface area contributed by atoms with Crippen molar-refractivity contribution < 1.29 is 27.2 Å². The van der Waals surface area contributed by atoms with Gasteiger partial charge in [-0.2, -0.15) is 4.98 Å². The van der Waals surface area contributed by atoms with Gasteiger partial charge in [-0.1, -0.05) is 11.2 Å². The molecular weight excluding hydrogens is 458 g/mol. The minimum absolute atomic E-state index is 0.0222. The number of aryl methyl sites for hydroxylation is 1. The number of hydrogen-bond donors (Lipinski definition) is 0. The monoisotopic (exact) mass is 487 g/mol. The molecule has 34 heavy (non-hydrogen) atoms. The number of carbonyl (C=O) groups excluding carboxylic acids is 1. The summed E-state index contributed by atoms with van der Waals surface area (Å²) < 4.78 is 39.3. The molecule has 1 amide bonds. The molecule has 0 radical (unpaired) electrons. The van der Waals surface area contributed by atoms with Crippen LogP contribution in [0.5, 0.6) is 11.5 Å². The Labute approximate surface area is 199 Å². The highest BCUT2D eigenvalue weighted by molar-refractivity contribution is 7.90. The largest absolute Gasteiger partial charge is 0.497 e. The molecule has 182 valence electrons. The predicted molar refractivity (Wildman–Crippen MR) is 127 cm³/mol. The normalized spacial score (nSPS) is 11.3. The number of methoxy groups -OCH3 is 1. The van der Waals surface area contributed by atoms with Gasteiger partial charge in [-0.25, -0.2) is 8.42 Å². The average molecular weight is 488 g/mol. The van der Waals surface area contributed by atoms with Crippen LogP contribution in [0.25, 0.3) is 11.4 Å². The lowest BCUT2D eigenvalue weighted by molar-refractivity contribution is -0.130. The number of sulfone groups is 1. The highest BCUT2D eigenvalue weighted by Crippen LogP contribution is 2.20. The summed E-state index contributed by atoms with van der Waals surface area (Å²) in [5, 5.41) is 4.00. The first kappa shape index (κ1) is 25.2. The van der Waals surface area contributed by atoms with E-state index in [4.69, 9.17) is 14.0 Å². The Morgan fingerprint density at radius 2 is 1.85 bits per heavy atom. The molecule has 0 saturated heterocycles.